The third-order valence-electron chi connectivity index (χ3n) is 3.51. The molecule has 0 aromatic heterocycles. The molecule has 1 heterocycles. The van der Waals surface area contributed by atoms with Crippen LogP contribution in [-0.4, -0.2) is 74.3 Å². The molecule has 0 aromatic carbocycles. The standard InChI is InChI=1S/C16H24N3O10/c1-8(20)25-7-12-13(26-9(2)21)14(27-10(3)22)15(28-11(4)23)16(29-12)24-6-5-18-19-17/h12-16H,5-7H2,1-4H3,(H-,17,18)/q-1/t12-,13+,14-,15-,16+/m0/s1. The molecule has 0 saturated carbocycles. The van der Waals surface area contributed by atoms with Gasteiger partial charge in [0.15, 0.2) is 24.6 Å². The summed E-state index contributed by atoms with van der Waals surface area (Å²) < 4.78 is 31.8. The molecule has 13 heteroatoms. The van der Waals surface area contributed by atoms with Gasteiger partial charge in [-0.3, -0.25) is 24.4 Å². The first-order chi connectivity index (χ1) is 13.6. The number of nitrogens with one attached hydrogen (secondary N) is 1. The average Bonchev–Trinajstić information content (AvgIpc) is 2.60. The molecule has 1 aliphatic heterocycles. The summed E-state index contributed by atoms with van der Waals surface area (Å²) in [6.45, 7) is 4.21. The van der Waals surface area contributed by atoms with Gasteiger partial charge in [-0.15, -0.1) is 0 Å². The molecule has 0 spiro atoms. The number of nitrogens with zero attached hydrogens (tertiary/aromatic N) is 2. The van der Waals surface area contributed by atoms with Crippen LogP contribution in [0.1, 0.15) is 27.7 Å². The van der Waals surface area contributed by atoms with Crippen LogP contribution in [0, 0.1) is 0 Å². The van der Waals surface area contributed by atoms with Gasteiger partial charge in [-0.1, -0.05) is 0 Å². The highest BCUT2D eigenvalue weighted by Gasteiger charge is 2.52. The lowest BCUT2D eigenvalue weighted by molar-refractivity contribution is -0.307. The molecular formula is C16H24N3O10-. The molecule has 0 amide bonds. The second-order valence-electron chi connectivity index (χ2n) is 5.95. The zero-order valence-electron chi connectivity index (χ0n) is 16.5. The number of ether oxygens (including phenoxy) is 6. The second kappa shape index (κ2) is 11.9. The highest BCUT2D eigenvalue weighted by atomic mass is 16.7. The van der Waals surface area contributed by atoms with Gasteiger partial charge in [0.05, 0.1) is 6.61 Å². The lowest BCUT2D eigenvalue weighted by atomic mass is 9.98. The molecule has 0 aliphatic carbocycles. The van der Waals surface area contributed by atoms with Gasteiger partial charge in [-0.2, -0.15) is 0 Å². The Morgan fingerprint density at radius 3 is 1.97 bits per heavy atom. The van der Waals surface area contributed by atoms with E-state index in [-0.39, 0.29) is 19.8 Å². The van der Waals surface area contributed by atoms with E-state index < -0.39 is 54.6 Å². The topological polar surface area (TPSA) is 170 Å². The zero-order valence-corrected chi connectivity index (χ0v) is 16.5. The van der Waals surface area contributed by atoms with Gasteiger partial charge in [0.1, 0.15) is 12.7 Å². The van der Waals surface area contributed by atoms with Crippen molar-refractivity contribution in [2.45, 2.75) is 58.4 Å². The molecular weight excluding hydrogens is 394 g/mol. The fourth-order valence-corrected chi connectivity index (χ4v) is 2.59. The van der Waals surface area contributed by atoms with Crippen LogP contribution >= 0.6 is 0 Å². The van der Waals surface area contributed by atoms with Crippen LogP contribution in [0.3, 0.4) is 0 Å². The molecule has 0 bridgehead atoms. The Kier molecular flexibility index (Phi) is 9.96. The van der Waals surface area contributed by atoms with Crippen LogP contribution in [0.5, 0.6) is 0 Å². The summed E-state index contributed by atoms with van der Waals surface area (Å²) in [4.78, 5) is 46.0. The van der Waals surface area contributed by atoms with E-state index in [2.05, 4.69) is 10.6 Å². The molecule has 1 aliphatic rings. The van der Waals surface area contributed by atoms with Gasteiger partial charge in [0, 0.05) is 27.7 Å². The Bertz CT molecular complexity index is 614. The van der Waals surface area contributed by atoms with E-state index in [4.69, 9.17) is 34.0 Å². The second-order valence-corrected chi connectivity index (χ2v) is 5.95. The van der Waals surface area contributed by atoms with Crippen LogP contribution in [0.25, 0.3) is 5.53 Å². The van der Waals surface area contributed by atoms with E-state index in [9.17, 15) is 19.2 Å². The van der Waals surface area contributed by atoms with Crippen LogP contribution in [-0.2, 0) is 47.6 Å². The fourth-order valence-electron chi connectivity index (χ4n) is 2.59. The van der Waals surface area contributed by atoms with E-state index >= 15 is 0 Å². The van der Waals surface area contributed by atoms with E-state index in [1.165, 1.54) is 6.92 Å². The molecule has 13 nitrogen and oxygen atoms in total. The molecule has 1 rings (SSSR count). The minimum atomic E-state index is -1.30. The minimum absolute atomic E-state index is 0.0577. The van der Waals surface area contributed by atoms with E-state index in [1.54, 1.807) is 0 Å². The maximum Gasteiger partial charge on any atom is 0.303 e. The highest BCUT2D eigenvalue weighted by Crippen LogP contribution is 2.29. The van der Waals surface area contributed by atoms with Crippen molar-refractivity contribution in [3.8, 4) is 0 Å². The molecule has 5 atom stereocenters. The first kappa shape index (κ1) is 24.2. The largest absolute Gasteiger partial charge is 0.463 e. The number of carbonyl (C=O) groups is 4. The number of hydrogen-bond donors (Lipinski definition) is 1. The molecule has 1 fully saturated rings. The van der Waals surface area contributed by atoms with Crippen LogP contribution < -0.4 is 5.43 Å². The van der Waals surface area contributed by atoms with Gasteiger partial charge in [-0.25, -0.2) is 0 Å². The summed E-state index contributed by atoms with van der Waals surface area (Å²) in [5.74, 6) is -2.81. The van der Waals surface area contributed by atoms with Gasteiger partial charge < -0.3 is 39.4 Å². The molecule has 0 unspecified atom stereocenters. The molecule has 164 valence electrons. The Labute approximate surface area is 166 Å². The van der Waals surface area contributed by atoms with Crippen molar-refractivity contribution < 1.29 is 47.6 Å². The van der Waals surface area contributed by atoms with Crippen molar-refractivity contribution in [3.63, 3.8) is 0 Å². The summed E-state index contributed by atoms with van der Waals surface area (Å²) in [5.41, 5.74) is 10.6. The van der Waals surface area contributed by atoms with Crippen molar-refractivity contribution in [2.24, 2.45) is 5.22 Å². The van der Waals surface area contributed by atoms with E-state index in [0.29, 0.717) is 0 Å². The summed E-state index contributed by atoms with van der Waals surface area (Å²) in [7, 11) is 0. The minimum Gasteiger partial charge on any atom is -0.463 e. The van der Waals surface area contributed by atoms with Crippen molar-refractivity contribution in [2.75, 3.05) is 19.8 Å². The molecule has 1 saturated heterocycles. The summed E-state index contributed by atoms with van der Waals surface area (Å²) in [5, 5.41) is 2.71. The van der Waals surface area contributed by atoms with E-state index in [1.807, 2.05) is 0 Å². The van der Waals surface area contributed by atoms with Crippen LogP contribution in [0.4, 0.5) is 0 Å². The Balaban J connectivity index is 3.19. The highest BCUT2D eigenvalue weighted by molar-refractivity contribution is 5.68. The van der Waals surface area contributed by atoms with Gasteiger partial charge >= 0.3 is 23.9 Å². The third-order valence-corrected chi connectivity index (χ3v) is 3.51. The monoisotopic (exact) mass is 418 g/mol. The van der Waals surface area contributed by atoms with Gasteiger partial charge in [0.2, 0.25) is 0 Å². The zero-order chi connectivity index (χ0) is 22.0. The van der Waals surface area contributed by atoms with Crippen molar-refractivity contribution in [1.29, 1.82) is 0 Å². The van der Waals surface area contributed by atoms with Crippen LogP contribution in [0.15, 0.2) is 5.22 Å². The summed E-state index contributed by atoms with van der Waals surface area (Å²) in [6.07, 6.45) is -6.18. The summed E-state index contributed by atoms with van der Waals surface area (Å²) in [6, 6.07) is 0. The van der Waals surface area contributed by atoms with Gasteiger partial charge in [0.25, 0.3) is 0 Å². The quantitative estimate of drug-likeness (QED) is 0.161. The SMILES string of the molecule is CC(=O)OC[C@@H]1O[C@@H](OCCNN=[N-])[C@@H](OC(C)=O)[C@@H](OC(C)=O)[C@@H]1OC(C)=O. The molecule has 1 N–H and O–H groups in total. The smallest absolute Gasteiger partial charge is 0.303 e. The maximum absolute atomic E-state index is 11.6. The first-order valence-electron chi connectivity index (χ1n) is 8.64. The lowest BCUT2D eigenvalue weighted by Gasteiger charge is -2.44. The Morgan fingerprint density at radius 2 is 1.45 bits per heavy atom. The average molecular weight is 418 g/mol. The van der Waals surface area contributed by atoms with Crippen LogP contribution in [0.2, 0.25) is 0 Å². The molecule has 0 radical (unpaired) electrons. The van der Waals surface area contributed by atoms with Crippen molar-refractivity contribution in [3.05, 3.63) is 5.53 Å². The third kappa shape index (κ3) is 8.39. The van der Waals surface area contributed by atoms with Crippen molar-refractivity contribution in [1.82, 2.24) is 5.43 Å². The normalized spacial score (nSPS) is 26.0. The number of esters is 4. The molecule has 29 heavy (non-hydrogen) atoms. The number of rotatable bonds is 10. The first-order valence-corrected chi connectivity index (χ1v) is 8.64. The number of carbonyl (C=O) groups excluding carboxylic acids is 4. The predicted molar refractivity (Wildman–Crippen MR) is 91.7 cm³/mol. The maximum atomic E-state index is 11.6. The number of hydrogen-bond acceptors (Lipinski definition) is 11. The molecule has 0 aromatic rings. The van der Waals surface area contributed by atoms with Crippen molar-refractivity contribution >= 4 is 23.9 Å². The Morgan fingerprint density at radius 1 is 0.897 bits per heavy atom. The lowest BCUT2D eigenvalue weighted by Crippen LogP contribution is -2.63. The Hall–Kier alpha value is -2.80. The van der Waals surface area contributed by atoms with E-state index in [0.717, 1.165) is 20.8 Å². The van der Waals surface area contributed by atoms with Gasteiger partial charge in [-0.05, 0) is 6.54 Å². The predicted octanol–water partition coefficient (Wildman–Crippen LogP) is -0.388. The summed E-state index contributed by atoms with van der Waals surface area (Å²) >= 11 is 0. The fraction of sp³-hybridized carbons (Fsp3) is 0.750.